The lowest BCUT2D eigenvalue weighted by molar-refractivity contribution is 0.0922. The molecule has 0 spiro atoms. The average Bonchev–Trinajstić information content (AvgIpc) is 2.45. The predicted molar refractivity (Wildman–Crippen MR) is 89.6 cm³/mol. The van der Waals surface area contributed by atoms with Crippen LogP contribution in [-0.4, -0.2) is 40.1 Å². The van der Waals surface area contributed by atoms with Gasteiger partial charge in [-0.1, -0.05) is 0 Å². The Morgan fingerprint density at radius 3 is 2.70 bits per heavy atom. The van der Waals surface area contributed by atoms with Gasteiger partial charge in [-0.3, -0.25) is 4.79 Å². The third-order valence-corrected chi connectivity index (χ3v) is 4.61. The SMILES string of the molecule is COc1ccc(S(N)(=O)=O)cc1C(=O)NC1CCNC(C)C1.Cl. The monoisotopic (exact) mass is 363 g/mol. The third kappa shape index (κ3) is 5.07. The Kier molecular flexibility index (Phi) is 6.82. The molecule has 1 saturated heterocycles. The predicted octanol–water partition coefficient (Wildman–Crippen LogP) is 0.635. The lowest BCUT2D eigenvalue weighted by atomic mass is 10.00. The average molecular weight is 364 g/mol. The van der Waals surface area contributed by atoms with E-state index >= 15 is 0 Å². The van der Waals surface area contributed by atoms with Crippen LogP contribution in [0.5, 0.6) is 5.75 Å². The Morgan fingerprint density at radius 1 is 1.43 bits per heavy atom. The first-order valence-electron chi connectivity index (χ1n) is 7.06. The van der Waals surface area contributed by atoms with E-state index in [-0.39, 0.29) is 34.8 Å². The minimum atomic E-state index is -3.87. The van der Waals surface area contributed by atoms with Crippen molar-refractivity contribution in [2.75, 3.05) is 13.7 Å². The van der Waals surface area contributed by atoms with Crippen molar-refractivity contribution in [1.29, 1.82) is 0 Å². The van der Waals surface area contributed by atoms with Gasteiger partial charge in [0.25, 0.3) is 5.91 Å². The minimum Gasteiger partial charge on any atom is -0.496 e. The summed E-state index contributed by atoms with van der Waals surface area (Å²) in [5, 5.41) is 11.3. The molecule has 1 aromatic rings. The molecule has 7 nitrogen and oxygen atoms in total. The summed E-state index contributed by atoms with van der Waals surface area (Å²) in [5.41, 5.74) is 0.167. The van der Waals surface area contributed by atoms with Crippen LogP contribution in [0.4, 0.5) is 0 Å². The number of primary sulfonamides is 1. The molecule has 9 heteroatoms. The van der Waals surface area contributed by atoms with Crippen LogP contribution in [0.2, 0.25) is 0 Å². The number of ether oxygens (including phenoxy) is 1. The van der Waals surface area contributed by atoms with Gasteiger partial charge in [0.05, 0.1) is 17.6 Å². The van der Waals surface area contributed by atoms with Crippen molar-refractivity contribution in [2.24, 2.45) is 5.14 Å². The lowest BCUT2D eigenvalue weighted by Crippen LogP contribution is -2.46. The maximum Gasteiger partial charge on any atom is 0.255 e. The van der Waals surface area contributed by atoms with Crippen molar-refractivity contribution in [3.05, 3.63) is 23.8 Å². The number of halogens is 1. The summed E-state index contributed by atoms with van der Waals surface area (Å²) in [6, 6.07) is 4.37. The highest BCUT2D eigenvalue weighted by Gasteiger charge is 2.23. The smallest absolute Gasteiger partial charge is 0.255 e. The molecule has 1 heterocycles. The van der Waals surface area contributed by atoms with E-state index in [1.165, 1.54) is 25.3 Å². The molecule has 0 bridgehead atoms. The van der Waals surface area contributed by atoms with E-state index in [0.717, 1.165) is 19.4 Å². The molecule has 0 aliphatic carbocycles. The molecule has 2 rings (SSSR count). The quantitative estimate of drug-likeness (QED) is 0.726. The number of sulfonamides is 1. The molecule has 0 radical (unpaired) electrons. The Bertz CT molecular complexity index is 666. The van der Waals surface area contributed by atoms with Crippen LogP contribution in [0.1, 0.15) is 30.1 Å². The minimum absolute atomic E-state index is 0. The summed E-state index contributed by atoms with van der Waals surface area (Å²) in [6.45, 7) is 2.89. The van der Waals surface area contributed by atoms with E-state index in [9.17, 15) is 13.2 Å². The highest BCUT2D eigenvalue weighted by Crippen LogP contribution is 2.22. The van der Waals surface area contributed by atoms with Gasteiger partial charge in [0.2, 0.25) is 10.0 Å². The summed E-state index contributed by atoms with van der Waals surface area (Å²) in [6.07, 6.45) is 1.65. The van der Waals surface area contributed by atoms with E-state index in [0.29, 0.717) is 11.8 Å². The van der Waals surface area contributed by atoms with Gasteiger partial charge in [-0.15, -0.1) is 12.4 Å². The third-order valence-electron chi connectivity index (χ3n) is 3.70. The van der Waals surface area contributed by atoms with Gasteiger partial charge in [0.15, 0.2) is 0 Å². The molecule has 1 aliphatic heterocycles. The summed E-state index contributed by atoms with van der Waals surface area (Å²) < 4.78 is 28.0. The van der Waals surface area contributed by atoms with Gasteiger partial charge in [-0.25, -0.2) is 13.6 Å². The zero-order valence-corrected chi connectivity index (χ0v) is 14.7. The summed E-state index contributed by atoms with van der Waals surface area (Å²) in [4.78, 5) is 12.3. The first kappa shape index (κ1) is 19.7. The highest BCUT2D eigenvalue weighted by atomic mass is 35.5. The normalized spacial score (nSPS) is 21.2. The van der Waals surface area contributed by atoms with Crippen molar-refractivity contribution in [3.8, 4) is 5.75 Å². The molecule has 1 aliphatic rings. The number of nitrogens with one attached hydrogen (secondary N) is 2. The number of rotatable bonds is 4. The largest absolute Gasteiger partial charge is 0.496 e. The lowest BCUT2D eigenvalue weighted by Gasteiger charge is -2.28. The number of piperidine rings is 1. The van der Waals surface area contributed by atoms with Crippen LogP contribution in [0.25, 0.3) is 0 Å². The van der Waals surface area contributed by atoms with Crippen molar-refractivity contribution in [1.82, 2.24) is 10.6 Å². The number of hydrogen-bond donors (Lipinski definition) is 3. The molecule has 23 heavy (non-hydrogen) atoms. The van der Waals surface area contributed by atoms with Gasteiger partial charge >= 0.3 is 0 Å². The van der Waals surface area contributed by atoms with E-state index in [1.54, 1.807) is 0 Å². The fraction of sp³-hybridized carbons (Fsp3) is 0.500. The van der Waals surface area contributed by atoms with Gasteiger partial charge < -0.3 is 15.4 Å². The second kappa shape index (κ2) is 7.96. The van der Waals surface area contributed by atoms with E-state index in [4.69, 9.17) is 9.88 Å². The standard InChI is InChI=1S/C14H21N3O4S.ClH/c1-9-7-10(5-6-16-9)17-14(18)12-8-11(22(15,19)20)3-4-13(12)21-2;/h3-4,8-10,16H,5-7H2,1-2H3,(H,17,18)(H2,15,19,20);1H. The summed E-state index contributed by atoms with van der Waals surface area (Å²) in [7, 11) is -2.45. The molecule has 1 amide bonds. The molecule has 0 saturated carbocycles. The van der Waals surface area contributed by atoms with Crippen molar-refractivity contribution in [2.45, 2.75) is 36.7 Å². The van der Waals surface area contributed by atoms with Gasteiger partial charge in [0, 0.05) is 12.1 Å². The second-order valence-corrected chi connectivity index (χ2v) is 7.02. The number of hydrogen-bond acceptors (Lipinski definition) is 5. The Balaban J connectivity index is 0.00000264. The first-order valence-corrected chi connectivity index (χ1v) is 8.61. The van der Waals surface area contributed by atoms with Crippen LogP contribution >= 0.6 is 12.4 Å². The van der Waals surface area contributed by atoms with Crippen LogP contribution in [0.3, 0.4) is 0 Å². The molecular weight excluding hydrogens is 342 g/mol. The molecule has 2 atom stereocenters. The van der Waals surface area contributed by atoms with Crippen LogP contribution < -0.4 is 20.5 Å². The molecule has 0 aromatic heterocycles. The molecule has 4 N–H and O–H groups in total. The zero-order chi connectivity index (χ0) is 16.3. The number of benzene rings is 1. The van der Waals surface area contributed by atoms with Crippen LogP contribution in [-0.2, 0) is 10.0 Å². The van der Waals surface area contributed by atoms with Gasteiger partial charge in [0.1, 0.15) is 5.75 Å². The van der Waals surface area contributed by atoms with E-state index in [2.05, 4.69) is 17.6 Å². The van der Waals surface area contributed by atoms with Crippen molar-refractivity contribution >= 4 is 28.3 Å². The van der Waals surface area contributed by atoms with Crippen molar-refractivity contribution < 1.29 is 17.9 Å². The summed E-state index contributed by atoms with van der Waals surface area (Å²) >= 11 is 0. The highest BCUT2D eigenvalue weighted by molar-refractivity contribution is 7.89. The Hall–Kier alpha value is -1.35. The van der Waals surface area contributed by atoms with Gasteiger partial charge in [-0.05, 0) is 44.5 Å². The topological polar surface area (TPSA) is 111 Å². The van der Waals surface area contributed by atoms with Crippen LogP contribution in [0, 0.1) is 0 Å². The van der Waals surface area contributed by atoms with Crippen molar-refractivity contribution in [3.63, 3.8) is 0 Å². The number of amides is 1. The maximum atomic E-state index is 12.4. The Morgan fingerprint density at radius 2 is 2.13 bits per heavy atom. The molecule has 1 aromatic carbocycles. The second-order valence-electron chi connectivity index (χ2n) is 5.46. The molecule has 1 fully saturated rings. The number of methoxy groups -OCH3 is 1. The summed E-state index contributed by atoms with van der Waals surface area (Å²) in [5.74, 6) is -0.0478. The number of nitrogens with two attached hydrogens (primary N) is 1. The molecular formula is C14H22ClN3O4S. The van der Waals surface area contributed by atoms with Crippen LogP contribution in [0.15, 0.2) is 23.1 Å². The molecule has 2 unspecified atom stereocenters. The Labute approximate surface area is 142 Å². The maximum absolute atomic E-state index is 12.4. The van der Waals surface area contributed by atoms with E-state index in [1.807, 2.05) is 0 Å². The van der Waals surface area contributed by atoms with Gasteiger partial charge in [-0.2, -0.15) is 0 Å². The fourth-order valence-electron chi connectivity index (χ4n) is 2.57. The van der Waals surface area contributed by atoms with E-state index < -0.39 is 10.0 Å². The molecule has 130 valence electrons. The number of carbonyl (C=O) groups is 1. The fourth-order valence-corrected chi connectivity index (χ4v) is 3.11. The zero-order valence-electron chi connectivity index (χ0n) is 13.0. The number of carbonyl (C=O) groups excluding carboxylic acids is 1. The first-order chi connectivity index (χ1) is 10.3.